The number of rotatable bonds is 60. The Morgan fingerprint density at radius 3 is 1.15 bits per heavy atom. The van der Waals surface area contributed by atoms with Crippen molar-refractivity contribution < 1.29 is 51.8 Å². The maximum atomic E-state index is 13.2. The largest absolute Gasteiger partial charge is 0.397 e. The number of ether oxygens (including phenoxy) is 2. The minimum atomic E-state index is -5.08. The van der Waals surface area contributed by atoms with Crippen molar-refractivity contribution >= 4 is 16.3 Å². The van der Waals surface area contributed by atoms with Crippen LogP contribution in [0.15, 0.2) is 12.2 Å². The monoisotopic (exact) mass is 1130 g/mol. The molecule has 13 heteroatoms. The number of amides is 1. The van der Waals surface area contributed by atoms with Gasteiger partial charge in [-0.25, -0.2) is 4.18 Å². The standard InChI is InChI=1S/C65H127NO11S/c1-3-5-7-9-11-13-15-17-19-21-23-25-27-28-29-30-31-33-35-37-39-41-43-45-47-49-51-53-55-61(69)66-58(57-75-65-63(71)64(77-78(72,73)74)62(70)60(56-67)76-65)59(68)54-52-50-48-46-44-42-40-38-36-34-32-26-24-22-20-18-16-14-12-10-8-6-4-2/h28-29,58-60,62-65,67-68,70-71H,3-27,30-57H2,1-2H3,(H,66,69)(H,72,73,74)/b29-28-. The van der Waals surface area contributed by atoms with Gasteiger partial charge in [-0.1, -0.05) is 309 Å². The van der Waals surface area contributed by atoms with E-state index < -0.39 is 59.9 Å². The number of aliphatic hydroxyl groups excluding tert-OH is 4. The smallest absolute Gasteiger partial charge is 0.394 e. The minimum Gasteiger partial charge on any atom is -0.394 e. The first-order valence-corrected chi connectivity index (χ1v) is 34.9. The number of hydrogen-bond acceptors (Lipinski definition) is 10. The van der Waals surface area contributed by atoms with Gasteiger partial charge in [-0.15, -0.1) is 0 Å². The number of nitrogens with one attached hydrogen (secondary N) is 1. The quantitative estimate of drug-likeness (QED) is 0.0193. The van der Waals surface area contributed by atoms with E-state index in [1.54, 1.807) is 0 Å². The molecule has 78 heavy (non-hydrogen) atoms. The first-order valence-electron chi connectivity index (χ1n) is 33.6. The molecule has 0 spiro atoms. The summed E-state index contributed by atoms with van der Waals surface area (Å²) in [4.78, 5) is 13.2. The summed E-state index contributed by atoms with van der Waals surface area (Å²) in [5, 5.41) is 45.3. The highest BCUT2D eigenvalue weighted by molar-refractivity contribution is 7.80. The Kier molecular flexibility index (Phi) is 52.8. The second-order valence-corrected chi connectivity index (χ2v) is 24.8. The maximum Gasteiger partial charge on any atom is 0.397 e. The molecular weight excluding hydrogens is 1000 g/mol. The summed E-state index contributed by atoms with van der Waals surface area (Å²) in [6, 6.07) is -0.857. The van der Waals surface area contributed by atoms with Crippen molar-refractivity contribution in [3.63, 3.8) is 0 Å². The molecule has 7 atom stereocenters. The lowest BCUT2D eigenvalue weighted by Gasteiger charge is -2.41. The molecule has 0 radical (unpaired) electrons. The van der Waals surface area contributed by atoms with Gasteiger partial charge in [-0.05, 0) is 38.5 Å². The fourth-order valence-corrected chi connectivity index (χ4v) is 11.7. The number of allylic oxidation sites excluding steroid dienone is 2. The fraction of sp³-hybridized carbons (Fsp3) is 0.954. The summed E-state index contributed by atoms with van der Waals surface area (Å²) < 4.78 is 48.1. The third kappa shape index (κ3) is 46.3. The SMILES string of the molecule is CCCCCCCCCCCCCC/C=C\CCCCCCCCCCCCCCC(=O)NC(COC1OC(CO)C(O)C(OS(=O)(=O)O)C1O)C(O)CCCCCCCCCCCCCCCCCCCCCCCCC. The lowest BCUT2D eigenvalue weighted by molar-refractivity contribution is -0.298. The molecule has 1 saturated heterocycles. The topological polar surface area (TPSA) is 192 Å². The van der Waals surface area contributed by atoms with Gasteiger partial charge < -0.3 is 35.2 Å². The van der Waals surface area contributed by atoms with E-state index in [-0.39, 0.29) is 12.5 Å². The van der Waals surface area contributed by atoms with Gasteiger partial charge in [0.15, 0.2) is 6.29 Å². The molecule has 6 N–H and O–H groups in total. The molecule has 0 bridgehead atoms. The van der Waals surface area contributed by atoms with Crippen LogP contribution in [0, 0.1) is 0 Å². The van der Waals surface area contributed by atoms with E-state index in [1.807, 2.05) is 0 Å². The summed E-state index contributed by atoms with van der Waals surface area (Å²) in [6.45, 7) is 3.52. The molecule has 1 heterocycles. The molecule has 464 valence electrons. The highest BCUT2D eigenvalue weighted by Gasteiger charge is 2.48. The first-order chi connectivity index (χ1) is 38.0. The van der Waals surface area contributed by atoms with Gasteiger partial charge in [0.05, 0.1) is 25.4 Å². The molecule has 1 fully saturated rings. The Morgan fingerprint density at radius 2 is 0.821 bits per heavy atom. The van der Waals surface area contributed by atoms with E-state index in [0.717, 1.165) is 51.4 Å². The first kappa shape index (κ1) is 74.9. The van der Waals surface area contributed by atoms with Gasteiger partial charge in [-0.2, -0.15) is 8.42 Å². The molecule has 1 rings (SSSR count). The second-order valence-electron chi connectivity index (χ2n) is 23.8. The van der Waals surface area contributed by atoms with Gasteiger partial charge in [0.25, 0.3) is 0 Å². The van der Waals surface area contributed by atoms with Crippen LogP contribution in [0.5, 0.6) is 0 Å². The van der Waals surface area contributed by atoms with Crippen LogP contribution in [-0.4, -0.2) is 95.4 Å². The minimum absolute atomic E-state index is 0.223. The predicted octanol–water partition coefficient (Wildman–Crippen LogP) is 17.0. The zero-order valence-corrected chi connectivity index (χ0v) is 51.6. The van der Waals surface area contributed by atoms with Crippen molar-refractivity contribution in [1.29, 1.82) is 0 Å². The van der Waals surface area contributed by atoms with Gasteiger partial charge >= 0.3 is 10.4 Å². The molecule has 0 aliphatic carbocycles. The molecule has 7 unspecified atom stereocenters. The Balaban J connectivity index is 2.26. The zero-order chi connectivity index (χ0) is 56.8. The maximum absolute atomic E-state index is 13.2. The van der Waals surface area contributed by atoms with Crippen LogP contribution in [0.3, 0.4) is 0 Å². The van der Waals surface area contributed by atoms with Gasteiger partial charge in [0, 0.05) is 6.42 Å². The van der Waals surface area contributed by atoms with Crippen LogP contribution >= 0.6 is 0 Å². The summed E-state index contributed by atoms with van der Waals surface area (Å²) in [5.41, 5.74) is 0. The highest BCUT2D eigenvalue weighted by Crippen LogP contribution is 2.27. The number of carbonyl (C=O) groups is 1. The molecule has 0 aromatic heterocycles. The Morgan fingerprint density at radius 1 is 0.500 bits per heavy atom. The molecule has 1 aliphatic heterocycles. The lowest BCUT2D eigenvalue weighted by atomic mass is 9.99. The zero-order valence-electron chi connectivity index (χ0n) is 50.8. The summed E-state index contributed by atoms with van der Waals surface area (Å²) in [7, 11) is -5.08. The molecule has 1 amide bonds. The molecule has 0 aromatic rings. The average molecular weight is 1130 g/mol. The number of unbranched alkanes of at least 4 members (excludes halogenated alkanes) is 46. The molecule has 1 aliphatic rings. The van der Waals surface area contributed by atoms with Gasteiger partial charge in [-0.3, -0.25) is 9.35 Å². The lowest BCUT2D eigenvalue weighted by Crippen LogP contribution is -2.61. The van der Waals surface area contributed by atoms with E-state index in [1.165, 1.54) is 263 Å². The van der Waals surface area contributed by atoms with Gasteiger partial charge in [0.1, 0.15) is 24.4 Å². The number of hydrogen-bond donors (Lipinski definition) is 6. The molecular formula is C65H127NO11S. The van der Waals surface area contributed by atoms with Crippen molar-refractivity contribution in [2.45, 2.75) is 384 Å². The van der Waals surface area contributed by atoms with Crippen molar-refractivity contribution in [3.05, 3.63) is 12.2 Å². The summed E-state index contributed by atoms with van der Waals surface area (Å²) >= 11 is 0. The fourth-order valence-electron chi connectivity index (χ4n) is 11.2. The normalized spacial score (nSPS) is 18.8. The molecule has 0 aromatic carbocycles. The highest BCUT2D eigenvalue weighted by atomic mass is 32.3. The second kappa shape index (κ2) is 55.1. The summed E-state index contributed by atoms with van der Waals surface area (Å²) in [6.07, 6.45) is 59.5. The van der Waals surface area contributed by atoms with Crippen LogP contribution in [0.2, 0.25) is 0 Å². The van der Waals surface area contributed by atoms with Gasteiger partial charge in [0.2, 0.25) is 5.91 Å². The van der Waals surface area contributed by atoms with Crippen molar-refractivity contribution in [1.82, 2.24) is 5.32 Å². The number of carbonyl (C=O) groups excluding carboxylic acids is 1. The third-order valence-electron chi connectivity index (χ3n) is 16.3. The Hall–Kier alpha value is -1.16. The van der Waals surface area contributed by atoms with E-state index in [4.69, 9.17) is 9.47 Å². The van der Waals surface area contributed by atoms with Crippen LogP contribution in [0.1, 0.15) is 341 Å². The summed E-state index contributed by atoms with van der Waals surface area (Å²) in [5.74, 6) is -0.223. The van der Waals surface area contributed by atoms with Crippen molar-refractivity contribution in [2.75, 3.05) is 13.2 Å². The molecule has 12 nitrogen and oxygen atoms in total. The average Bonchev–Trinajstić information content (AvgIpc) is 3.45. The Labute approximate surface area is 480 Å². The van der Waals surface area contributed by atoms with E-state index in [0.29, 0.717) is 12.8 Å². The van der Waals surface area contributed by atoms with Crippen LogP contribution in [0.4, 0.5) is 0 Å². The third-order valence-corrected chi connectivity index (χ3v) is 16.8. The van der Waals surface area contributed by atoms with Crippen LogP contribution in [0.25, 0.3) is 0 Å². The number of aliphatic hydroxyl groups is 4. The predicted molar refractivity (Wildman–Crippen MR) is 324 cm³/mol. The molecule has 0 saturated carbocycles. The van der Waals surface area contributed by atoms with E-state index in [2.05, 4.69) is 35.5 Å². The van der Waals surface area contributed by atoms with E-state index >= 15 is 0 Å². The van der Waals surface area contributed by atoms with Crippen LogP contribution < -0.4 is 5.32 Å². The van der Waals surface area contributed by atoms with Crippen molar-refractivity contribution in [2.24, 2.45) is 0 Å². The van der Waals surface area contributed by atoms with Crippen molar-refractivity contribution in [3.8, 4) is 0 Å². The Bertz CT molecular complexity index is 1420. The van der Waals surface area contributed by atoms with E-state index in [9.17, 15) is 38.2 Å². The van der Waals surface area contributed by atoms with Crippen LogP contribution in [-0.2, 0) is 28.9 Å².